The predicted molar refractivity (Wildman–Crippen MR) is 66.4 cm³/mol. The second kappa shape index (κ2) is 5.10. The summed E-state index contributed by atoms with van der Waals surface area (Å²) in [6.45, 7) is 0. The van der Waals surface area contributed by atoms with Crippen LogP contribution in [0.3, 0.4) is 0 Å². The Kier molecular flexibility index (Phi) is 3.68. The normalized spacial score (nSPS) is 11.3. The highest BCUT2D eigenvalue weighted by Crippen LogP contribution is 2.18. The highest BCUT2D eigenvalue weighted by Gasteiger charge is 2.17. The molecule has 8 heteroatoms. The molecule has 1 N–H and O–H groups in total. The molecule has 0 aliphatic rings. The van der Waals surface area contributed by atoms with E-state index in [-0.39, 0.29) is 10.8 Å². The van der Waals surface area contributed by atoms with Crippen LogP contribution >= 0.6 is 11.6 Å². The summed E-state index contributed by atoms with van der Waals surface area (Å²) in [6.07, 6.45) is 1.31. The molecule has 100 valence electrons. The Morgan fingerprint density at radius 1 is 1.11 bits per heavy atom. The average Bonchev–Trinajstić information content (AvgIpc) is 2.32. The third-order valence-electron chi connectivity index (χ3n) is 2.16. The molecule has 2 aromatic rings. The van der Waals surface area contributed by atoms with Crippen LogP contribution < -0.4 is 4.72 Å². The summed E-state index contributed by atoms with van der Waals surface area (Å²) in [5.74, 6) is -2.39. The van der Waals surface area contributed by atoms with Crippen LogP contribution in [-0.2, 0) is 10.0 Å². The topological polar surface area (TPSA) is 59.1 Å². The number of nitrogens with one attached hydrogen (secondary N) is 1. The van der Waals surface area contributed by atoms with Gasteiger partial charge in [-0.2, -0.15) is 0 Å². The Labute approximate surface area is 113 Å². The van der Waals surface area contributed by atoms with Crippen LogP contribution in [0.1, 0.15) is 0 Å². The van der Waals surface area contributed by atoms with Gasteiger partial charge in [0.1, 0.15) is 5.82 Å². The van der Waals surface area contributed by atoms with Gasteiger partial charge in [-0.15, -0.1) is 0 Å². The van der Waals surface area contributed by atoms with Gasteiger partial charge in [-0.05, 0) is 24.3 Å². The van der Waals surface area contributed by atoms with E-state index in [2.05, 4.69) is 9.71 Å². The van der Waals surface area contributed by atoms with Gasteiger partial charge in [-0.25, -0.2) is 22.2 Å². The van der Waals surface area contributed by atoms with Crippen LogP contribution in [0.25, 0.3) is 0 Å². The molecule has 0 unspecified atom stereocenters. The molecular weight excluding hydrogens is 298 g/mol. The second-order valence-corrected chi connectivity index (χ2v) is 5.66. The maximum absolute atomic E-state index is 13.0. The van der Waals surface area contributed by atoms with Gasteiger partial charge in [0.05, 0.1) is 4.90 Å². The van der Waals surface area contributed by atoms with Crippen molar-refractivity contribution in [2.45, 2.75) is 4.90 Å². The molecule has 2 rings (SSSR count). The minimum absolute atomic E-state index is 0.0165. The first-order valence-electron chi connectivity index (χ1n) is 4.98. The first-order chi connectivity index (χ1) is 8.88. The first-order valence-corrected chi connectivity index (χ1v) is 6.84. The van der Waals surface area contributed by atoms with Crippen molar-refractivity contribution in [2.75, 3.05) is 4.72 Å². The lowest BCUT2D eigenvalue weighted by Crippen LogP contribution is -2.14. The van der Waals surface area contributed by atoms with Crippen molar-refractivity contribution in [3.8, 4) is 0 Å². The summed E-state index contributed by atoms with van der Waals surface area (Å²) >= 11 is 5.68. The first kappa shape index (κ1) is 13.7. The monoisotopic (exact) mass is 304 g/mol. The fraction of sp³-hybridized carbons (Fsp3) is 0. The predicted octanol–water partition coefficient (Wildman–Crippen LogP) is 2.81. The molecule has 0 aliphatic carbocycles. The zero-order valence-electron chi connectivity index (χ0n) is 9.27. The second-order valence-electron chi connectivity index (χ2n) is 3.54. The summed E-state index contributed by atoms with van der Waals surface area (Å²) in [6, 6.07) is 5.03. The lowest BCUT2D eigenvalue weighted by molar-refractivity contribution is 0.504. The van der Waals surface area contributed by atoms with Gasteiger partial charge in [-0.1, -0.05) is 11.6 Å². The number of aromatic nitrogens is 1. The Bertz CT molecular complexity index is 722. The van der Waals surface area contributed by atoms with E-state index >= 15 is 0 Å². The van der Waals surface area contributed by atoms with Crippen molar-refractivity contribution in [3.63, 3.8) is 0 Å². The number of halogens is 3. The van der Waals surface area contributed by atoms with Gasteiger partial charge < -0.3 is 0 Å². The molecule has 0 atom stereocenters. The smallest absolute Gasteiger partial charge is 0.263 e. The van der Waals surface area contributed by atoms with E-state index in [1.165, 1.54) is 18.3 Å². The number of benzene rings is 1. The van der Waals surface area contributed by atoms with Crippen molar-refractivity contribution >= 4 is 27.4 Å². The Morgan fingerprint density at radius 2 is 1.84 bits per heavy atom. The summed E-state index contributed by atoms with van der Waals surface area (Å²) in [5.41, 5.74) is 0. The fourth-order valence-corrected chi connectivity index (χ4v) is 2.47. The highest BCUT2D eigenvalue weighted by molar-refractivity contribution is 7.92. The van der Waals surface area contributed by atoms with E-state index < -0.39 is 26.6 Å². The average molecular weight is 305 g/mol. The van der Waals surface area contributed by atoms with Crippen molar-refractivity contribution in [1.82, 2.24) is 4.98 Å². The van der Waals surface area contributed by atoms with Gasteiger partial charge in [-0.3, -0.25) is 4.72 Å². The molecular formula is C11H7ClF2N2O2S. The lowest BCUT2D eigenvalue weighted by Gasteiger charge is -2.07. The van der Waals surface area contributed by atoms with Crippen molar-refractivity contribution in [3.05, 3.63) is 53.2 Å². The molecule has 0 bridgehead atoms. The van der Waals surface area contributed by atoms with Gasteiger partial charge in [0.15, 0.2) is 11.6 Å². The zero-order valence-corrected chi connectivity index (χ0v) is 10.8. The molecule has 0 saturated carbocycles. The minimum Gasteiger partial charge on any atom is -0.263 e. The maximum Gasteiger partial charge on any atom is 0.263 e. The van der Waals surface area contributed by atoms with E-state index in [0.717, 1.165) is 12.1 Å². The summed E-state index contributed by atoms with van der Waals surface area (Å²) in [5, 5.41) is 0.290. The molecule has 0 aliphatic heterocycles. The van der Waals surface area contributed by atoms with E-state index in [4.69, 9.17) is 11.6 Å². The standard InChI is InChI=1S/C11H7ClF2N2O2S/c12-7-3-4-15-11(5-7)16-19(17,18)8-1-2-9(13)10(14)6-8/h1-6H,(H,15,16). The number of pyridine rings is 1. The van der Waals surface area contributed by atoms with Crippen LogP contribution in [0.4, 0.5) is 14.6 Å². The number of anilines is 1. The van der Waals surface area contributed by atoms with E-state index in [1.807, 2.05) is 0 Å². The Balaban J connectivity index is 2.35. The number of hydrogen-bond donors (Lipinski definition) is 1. The number of nitrogens with zero attached hydrogens (tertiary/aromatic N) is 1. The molecule has 4 nitrogen and oxygen atoms in total. The molecule has 0 amide bonds. The molecule has 1 aromatic carbocycles. The fourth-order valence-electron chi connectivity index (χ4n) is 1.30. The summed E-state index contributed by atoms with van der Waals surface area (Å²) in [4.78, 5) is 3.34. The molecule has 1 aromatic heterocycles. The van der Waals surface area contributed by atoms with Crippen molar-refractivity contribution in [1.29, 1.82) is 0 Å². The molecule has 0 radical (unpaired) electrons. The number of hydrogen-bond acceptors (Lipinski definition) is 3. The lowest BCUT2D eigenvalue weighted by atomic mass is 10.3. The Morgan fingerprint density at radius 3 is 2.47 bits per heavy atom. The van der Waals surface area contributed by atoms with Crippen LogP contribution in [0, 0.1) is 11.6 Å². The maximum atomic E-state index is 13.0. The minimum atomic E-state index is -4.05. The van der Waals surface area contributed by atoms with E-state index in [0.29, 0.717) is 6.07 Å². The molecule has 1 heterocycles. The Hall–Kier alpha value is -1.73. The largest absolute Gasteiger partial charge is 0.263 e. The third-order valence-corrected chi connectivity index (χ3v) is 3.75. The van der Waals surface area contributed by atoms with E-state index in [9.17, 15) is 17.2 Å². The quantitative estimate of drug-likeness (QED) is 0.948. The number of rotatable bonds is 3. The van der Waals surface area contributed by atoms with Gasteiger partial charge in [0, 0.05) is 17.3 Å². The molecule has 0 spiro atoms. The molecule has 19 heavy (non-hydrogen) atoms. The van der Waals surface area contributed by atoms with Gasteiger partial charge in [0.25, 0.3) is 10.0 Å². The highest BCUT2D eigenvalue weighted by atomic mass is 35.5. The van der Waals surface area contributed by atoms with Crippen LogP contribution in [-0.4, -0.2) is 13.4 Å². The van der Waals surface area contributed by atoms with Gasteiger partial charge in [0.2, 0.25) is 0 Å². The third kappa shape index (κ3) is 3.18. The SMILES string of the molecule is O=S(=O)(Nc1cc(Cl)ccn1)c1ccc(F)c(F)c1. The molecule has 0 saturated heterocycles. The van der Waals surface area contributed by atoms with Crippen LogP contribution in [0.5, 0.6) is 0 Å². The van der Waals surface area contributed by atoms with Crippen LogP contribution in [0.15, 0.2) is 41.4 Å². The molecule has 0 fully saturated rings. The van der Waals surface area contributed by atoms with Gasteiger partial charge >= 0.3 is 0 Å². The number of sulfonamides is 1. The summed E-state index contributed by atoms with van der Waals surface area (Å²) in [7, 11) is -4.05. The van der Waals surface area contributed by atoms with Crippen molar-refractivity contribution in [2.24, 2.45) is 0 Å². The zero-order chi connectivity index (χ0) is 14.0. The van der Waals surface area contributed by atoms with Crippen molar-refractivity contribution < 1.29 is 17.2 Å². The summed E-state index contributed by atoms with van der Waals surface area (Å²) < 4.78 is 51.7. The van der Waals surface area contributed by atoms with Crippen LogP contribution in [0.2, 0.25) is 5.02 Å². The van der Waals surface area contributed by atoms with E-state index in [1.54, 1.807) is 0 Å².